The van der Waals surface area contributed by atoms with Crippen molar-refractivity contribution in [2.24, 2.45) is 0 Å². The average molecular weight is 240 g/mol. The van der Waals surface area contributed by atoms with E-state index in [2.05, 4.69) is 37.8 Å². The Morgan fingerprint density at radius 2 is 2.23 bits per heavy atom. The SMILES string of the molecule is CCc1nc(C)c2c(Br)c[nH]c2n1. The molecule has 2 aromatic rings. The highest BCUT2D eigenvalue weighted by atomic mass is 79.9. The lowest BCUT2D eigenvalue weighted by atomic mass is 10.3. The Morgan fingerprint density at radius 3 is 2.92 bits per heavy atom. The van der Waals surface area contributed by atoms with Gasteiger partial charge in [-0.15, -0.1) is 0 Å². The van der Waals surface area contributed by atoms with E-state index in [0.717, 1.165) is 33.4 Å². The van der Waals surface area contributed by atoms with Crippen molar-refractivity contribution in [2.75, 3.05) is 0 Å². The van der Waals surface area contributed by atoms with Gasteiger partial charge in [0.15, 0.2) is 0 Å². The van der Waals surface area contributed by atoms with Crippen LogP contribution in [0.25, 0.3) is 11.0 Å². The molecule has 13 heavy (non-hydrogen) atoms. The monoisotopic (exact) mass is 239 g/mol. The molecule has 2 aromatic heterocycles. The fourth-order valence-corrected chi connectivity index (χ4v) is 1.97. The van der Waals surface area contributed by atoms with E-state index in [1.807, 2.05) is 13.1 Å². The molecule has 0 atom stereocenters. The van der Waals surface area contributed by atoms with Gasteiger partial charge in [0.2, 0.25) is 0 Å². The molecule has 1 N–H and O–H groups in total. The third-order valence-electron chi connectivity index (χ3n) is 2.03. The largest absolute Gasteiger partial charge is 0.345 e. The van der Waals surface area contributed by atoms with Gasteiger partial charge in [-0.3, -0.25) is 0 Å². The summed E-state index contributed by atoms with van der Waals surface area (Å²) in [6, 6.07) is 0. The molecule has 0 aliphatic rings. The van der Waals surface area contributed by atoms with Crippen LogP contribution in [-0.2, 0) is 6.42 Å². The summed E-state index contributed by atoms with van der Waals surface area (Å²) >= 11 is 3.45. The van der Waals surface area contributed by atoms with Gasteiger partial charge >= 0.3 is 0 Å². The summed E-state index contributed by atoms with van der Waals surface area (Å²) in [4.78, 5) is 11.9. The molecule has 0 fully saturated rings. The molecule has 3 nitrogen and oxygen atoms in total. The van der Waals surface area contributed by atoms with Crippen LogP contribution >= 0.6 is 15.9 Å². The van der Waals surface area contributed by atoms with Crippen LogP contribution < -0.4 is 0 Å². The van der Waals surface area contributed by atoms with E-state index in [1.165, 1.54) is 0 Å². The molecular weight excluding hydrogens is 230 g/mol. The van der Waals surface area contributed by atoms with Crippen molar-refractivity contribution in [1.29, 1.82) is 0 Å². The van der Waals surface area contributed by atoms with E-state index in [9.17, 15) is 0 Å². The highest BCUT2D eigenvalue weighted by Crippen LogP contribution is 2.24. The molecule has 0 saturated carbocycles. The molecule has 2 heterocycles. The normalized spacial score (nSPS) is 11.0. The first-order valence-electron chi connectivity index (χ1n) is 4.22. The van der Waals surface area contributed by atoms with Gasteiger partial charge in [0.1, 0.15) is 11.5 Å². The van der Waals surface area contributed by atoms with Crippen LogP contribution in [0.4, 0.5) is 0 Å². The molecule has 0 aliphatic heterocycles. The number of halogens is 1. The number of aromatic nitrogens is 3. The third-order valence-corrected chi connectivity index (χ3v) is 2.65. The van der Waals surface area contributed by atoms with Crippen LogP contribution in [0, 0.1) is 6.92 Å². The van der Waals surface area contributed by atoms with E-state index in [1.54, 1.807) is 0 Å². The number of hydrogen-bond acceptors (Lipinski definition) is 2. The average Bonchev–Trinajstić information content (AvgIpc) is 2.48. The number of nitrogens with one attached hydrogen (secondary N) is 1. The maximum Gasteiger partial charge on any atom is 0.142 e. The number of H-pyrrole nitrogens is 1. The van der Waals surface area contributed by atoms with Gasteiger partial charge < -0.3 is 4.98 Å². The second kappa shape index (κ2) is 3.10. The number of hydrogen-bond donors (Lipinski definition) is 1. The second-order valence-electron chi connectivity index (χ2n) is 2.94. The lowest BCUT2D eigenvalue weighted by molar-refractivity contribution is 0.937. The van der Waals surface area contributed by atoms with Crippen molar-refractivity contribution < 1.29 is 0 Å². The standard InChI is InChI=1S/C9H10BrN3/c1-3-7-12-5(2)8-6(10)4-11-9(8)13-7/h4H,3H2,1-2H3,(H,11,12,13). The van der Waals surface area contributed by atoms with Gasteiger partial charge in [-0.1, -0.05) is 6.92 Å². The van der Waals surface area contributed by atoms with E-state index in [-0.39, 0.29) is 0 Å². The summed E-state index contributed by atoms with van der Waals surface area (Å²) in [5.74, 6) is 0.888. The molecule has 0 amide bonds. The zero-order chi connectivity index (χ0) is 9.42. The van der Waals surface area contributed by atoms with Gasteiger partial charge in [0.05, 0.1) is 11.1 Å². The van der Waals surface area contributed by atoms with Gasteiger partial charge in [-0.2, -0.15) is 0 Å². The van der Waals surface area contributed by atoms with Gasteiger partial charge in [-0.05, 0) is 22.9 Å². The Hall–Kier alpha value is -0.900. The molecule has 68 valence electrons. The summed E-state index contributed by atoms with van der Waals surface area (Å²) in [5, 5.41) is 1.08. The zero-order valence-electron chi connectivity index (χ0n) is 7.56. The lowest BCUT2D eigenvalue weighted by Gasteiger charge is -1.99. The third kappa shape index (κ3) is 1.35. The van der Waals surface area contributed by atoms with Crippen molar-refractivity contribution in [2.45, 2.75) is 20.3 Å². The fourth-order valence-electron chi connectivity index (χ4n) is 1.38. The van der Waals surface area contributed by atoms with Crippen molar-refractivity contribution in [3.63, 3.8) is 0 Å². The molecule has 0 spiro atoms. The summed E-state index contributed by atoms with van der Waals surface area (Å²) in [7, 11) is 0. The van der Waals surface area contributed by atoms with Crippen molar-refractivity contribution in [3.8, 4) is 0 Å². The van der Waals surface area contributed by atoms with Crippen LogP contribution in [0.2, 0.25) is 0 Å². The molecule has 0 saturated heterocycles. The smallest absolute Gasteiger partial charge is 0.142 e. The minimum Gasteiger partial charge on any atom is -0.345 e. The van der Waals surface area contributed by atoms with Crippen molar-refractivity contribution in [3.05, 3.63) is 22.2 Å². The van der Waals surface area contributed by atoms with Crippen molar-refractivity contribution >= 4 is 27.0 Å². The van der Waals surface area contributed by atoms with Crippen LogP contribution in [0.15, 0.2) is 10.7 Å². The van der Waals surface area contributed by atoms with Crippen LogP contribution in [0.3, 0.4) is 0 Å². The second-order valence-corrected chi connectivity index (χ2v) is 3.79. The van der Waals surface area contributed by atoms with Crippen LogP contribution in [0.1, 0.15) is 18.4 Å². The summed E-state index contributed by atoms with van der Waals surface area (Å²) in [6.07, 6.45) is 2.76. The highest BCUT2D eigenvalue weighted by molar-refractivity contribution is 9.10. The molecule has 4 heteroatoms. The lowest BCUT2D eigenvalue weighted by Crippen LogP contribution is -1.95. The minimum atomic E-state index is 0.868. The highest BCUT2D eigenvalue weighted by Gasteiger charge is 2.07. The maximum atomic E-state index is 4.39. The Bertz CT molecular complexity index is 447. The molecule has 0 aliphatic carbocycles. The van der Waals surface area contributed by atoms with Crippen LogP contribution in [-0.4, -0.2) is 15.0 Å². The summed E-state index contributed by atoms with van der Waals surface area (Å²) < 4.78 is 1.03. The first kappa shape index (κ1) is 8.69. The quantitative estimate of drug-likeness (QED) is 0.832. The van der Waals surface area contributed by atoms with E-state index >= 15 is 0 Å². The Morgan fingerprint density at radius 1 is 1.46 bits per heavy atom. The first-order chi connectivity index (χ1) is 6.22. The number of aromatic amines is 1. The van der Waals surface area contributed by atoms with E-state index in [4.69, 9.17) is 0 Å². The Labute approximate surface area is 84.7 Å². The van der Waals surface area contributed by atoms with Gasteiger partial charge in [0, 0.05) is 17.1 Å². The molecular formula is C9H10BrN3. The number of aryl methyl sites for hydroxylation is 2. The van der Waals surface area contributed by atoms with Gasteiger partial charge in [0.25, 0.3) is 0 Å². The topological polar surface area (TPSA) is 41.6 Å². The first-order valence-corrected chi connectivity index (χ1v) is 5.01. The van der Waals surface area contributed by atoms with E-state index < -0.39 is 0 Å². The minimum absolute atomic E-state index is 0.868. The van der Waals surface area contributed by atoms with Crippen molar-refractivity contribution in [1.82, 2.24) is 15.0 Å². The van der Waals surface area contributed by atoms with E-state index in [0.29, 0.717) is 0 Å². The summed E-state index contributed by atoms with van der Waals surface area (Å²) in [6.45, 7) is 4.06. The molecule has 2 rings (SSSR count). The molecule has 0 unspecified atom stereocenters. The van der Waals surface area contributed by atoms with Gasteiger partial charge in [-0.25, -0.2) is 9.97 Å². The van der Waals surface area contributed by atoms with Crippen LogP contribution in [0.5, 0.6) is 0 Å². The number of fused-ring (bicyclic) bond motifs is 1. The molecule has 0 aromatic carbocycles. The predicted molar refractivity (Wildman–Crippen MR) is 55.7 cm³/mol. The fraction of sp³-hybridized carbons (Fsp3) is 0.333. The predicted octanol–water partition coefficient (Wildman–Crippen LogP) is 2.59. The number of nitrogens with zero attached hydrogens (tertiary/aromatic N) is 2. The molecule has 0 radical (unpaired) electrons. The Balaban J connectivity index is 2.79. The maximum absolute atomic E-state index is 4.39. The summed E-state index contributed by atoms with van der Waals surface area (Å²) in [5.41, 5.74) is 1.94. The number of rotatable bonds is 1. The molecule has 0 bridgehead atoms. The zero-order valence-corrected chi connectivity index (χ0v) is 9.14. The Kier molecular flexibility index (Phi) is 2.07.